The highest BCUT2D eigenvalue weighted by Gasteiger charge is 2.34. The van der Waals surface area contributed by atoms with E-state index in [4.69, 9.17) is 0 Å². The molecule has 6 heteroatoms. The highest BCUT2D eigenvalue weighted by Crippen LogP contribution is 2.30. The van der Waals surface area contributed by atoms with Gasteiger partial charge in [0.15, 0.2) is 0 Å². The third-order valence-electron chi connectivity index (χ3n) is 3.93. The number of rotatable bonds is 6. The van der Waals surface area contributed by atoms with E-state index in [9.17, 15) is 9.90 Å². The monoisotopic (exact) mass is 294 g/mol. The van der Waals surface area contributed by atoms with Gasteiger partial charge >= 0.3 is 6.03 Å². The summed E-state index contributed by atoms with van der Waals surface area (Å²) in [5.74, 6) is 0.504. The summed E-state index contributed by atoms with van der Waals surface area (Å²) in [6, 6.07) is -0.283. The van der Waals surface area contributed by atoms with Gasteiger partial charge in [-0.15, -0.1) is 0 Å². The number of urea groups is 1. The van der Waals surface area contributed by atoms with Gasteiger partial charge in [-0.3, -0.25) is 4.68 Å². The lowest BCUT2D eigenvalue weighted by molar-refractivity contribution is -0.0287. The normalized spacial score (nSPS) is 16.6. The van der Waals surface area contributed by atoms with Crippen molar-refractivity contribution in [2.24, 2.45) is 5.92 Å². The van der Waals surface area contributed by atoms with Crippen LogP contribution in [0, 0.1) is 5.92 Å². The molecule has 0 bridgehead atoms. The zero-order valence-corrected chi connectivity index (χ0v) is 13.1. The van der Waals surface area contributed by atoms with E-state index in [1.54, 1.807) is 6.20 Å². The zero-order valence-electron chi connectivity index (χ0n) is 13.1. The van der Waals surface area contributed by atoms with Gasteiger partial charge < -0.3 is 15.7 Å². The van der Waals surface area contributed by atoms with Gasteiger partial charge in [-0.05, 0) is 31.6 Å². The Labute approximate surface area is 125 Å². The van der Waals surface area contributed by atoms with Crippen LogP contribution in [0.5, 0.6) is 0 Å². The third-order valence-corrected chi connectivity index (χ3v) is 3.93. The van der Waals surface area contributed by atoms with Crippen LogP contribution in [0.3, 0.4) is 0 Å². The van der Waals surface area contributed by atoms with Crippen molar-refractivity contribution in [2.75, 3.05) is 11.9 Å². The quantitative estimate of drug-likeness (QED) is 0.752. The maximum absolute atomic E-state index is 11.9. The number of nitrogens with zero attached hydrogens (tertiary/aromatic N) is 2. The van der Waals surface area contributed by atoms with Crippen LogP contribution in [-0.4, -0.2) is 33.1 Å². The van der Waals surface area contributed by atoms with Crippen LogP contribution in [0.4, 0.5) is 10.5 Å². The third kappa shape index (κ3) is 3.97. The molecule has 0 saturated heterocycles. The lowest BCUT2D eigenvalue weighted by atomic mass is 9.80. The Morgan fingerprint density at radius 3 is 2.76 bits per heavy atom. The standard InChI is InChI=1S/C15H26N4O2/c1-4-13-12(8-17-19(13)9-11(2)3)18-14(20)16-10-15(21)6-5-7-15/h8,11,21H,4-7,9-10H2,1-3H3,(H2,16,18,20). The van der Waals surface area contributed by atoms with Gasteiger partial charge in [0.1, 0.15) is 0 Å². The Bertz CT molecular complexity index is 492. The van der Waals surface area contributed by atoms with Gasteiger partial charge in [-0.25, -0.2) is 4.79 Å². The van der Waals surface area contributed by atoms with Crippen molar-refractivity contribution >= 4 is 11.7 Å². The fourth-order valence-corrected chi connectivity index (χ4v) is 2.56. The Kier molecular flexibility index (Phi) is 4.88. The summed E-state index contributed by atoms with van der Waals surface area (Å²) in [4.78, 5) is 11.9. The van der Waals surface area contributed by atoms with E-state index in [1.165, 1.54) is 0 Å². The lowest BCUT2D eigenvalue weighted by Crippen LogP contribution is -2.48. The number of hydrogen-bond donors (Lipinski definition) is 3. The van der Waals surface area contributed by atoms with Crippen LogP contribution < -0.4 is 10.6 Å². The average molecular weight is 294 g/mol. The molecule has 1 aliphatic carbocycles. The van der Waals surface area contributed by atoms with Crippen molar-refractivity contribution < 1.29 is 9.90 Å². The van der Waals surface area contributed by atoms with Gasteiger partial charge in [0.05, 0.1) is 23.2 Å². The summed E-state index contributed by atoms with van der Waals surface area (Å²) in [5, 5.41) is 19.9. The number of aliphatic hydroxyl groups is 1. The Morgan fingerprint density at radius 2 is 2.24 bits per heavy atom. The van der Waals surface area contributed by atoms with E-state index in [1.807, 2.05) is 11.6 Å². The van der Waals surface area contributed by atoms with Crippen LogP contribution in [-0.2, 0) is 13.0 Å². The van der Waals surface area contributed by atoms with Crippen molar-refractivity contribution in [2.45, 2.75) is 58.6 Å². The minimum absolute atomic E-state index is 0.283. The topological polar surface area (TPSA) is 79.2 Å². The second kappa shape index (κ2) is 6.47. The summed E-state index contributed by atoms with van der Waals surface area (Å²) in [6.45, 7) is 7.47. The summed E-state index contributed by atoms with van der Waals surface area (Å²) in [6.07, 6.45) is 5.06. The van der Waals surface area contributed by atoms with E-state index < -0.39 is 5.60 Å². The molecule has 1 aromatic heterocycles. The Hall–Kier alpha value is -1.56. The minimum atomic E-state index is -0.702. The van der Waals surface area contributed by atoms with Crippen LogP contribution >= 0.6 is 0 Å². The highest BCUT2D eigenvalue weighted by atomic mass is 16.3. The largest absolute Gasteiger partial charge is 0.388 e. The highest BCUT2D eigenvalue weighted by molar-refractivity contribution is 5.89. The molecule has 0 spiro atoms. The van der Waals surface area contributed by atoms with Gasteiger partial charge in [-0.2, -0.15) is 5.10 Å². The molecule has 0 aromatic carbocycles. The Balaban J connectivity index is 1.92. The summed E-state index contributed by atoms with van der Waals surface area (Å²) in [5.41, 5.74) is 1.07. The van der Waals surface area contributed by atoms with Crippen molar-refractivity contribution in [1.29, 1.82) is 0 Å². The zero-order chi connectivity index (χ0) is 15.5. The molecule has 2 amide bonds. The van der Waals surface area contributed by atoms with Crippen LogP contribution in [0.1, 0.15) is 45.7 Å². The molecule has 118 valence electrons. The molecule has 1 saturated carbocycles. The number of carbonyl (C=O) groups is 1. The second-order valence-corrected chi connectivity index (χ2v) is 6.32. The second-order valence-electron chi connectivity index (χ2n) is 6.32. The number of hydrogen-bond acceptors (Lipinski definition) is 3. The molecule has 6 nitrogen and oxygen atoms in total. The number of carbonyl (C=O) groups excluding carboxylic acids is 1. The van der Waals surface area contributed by atoms with E-state index in [0.717, 1.165) is 43.6 Å². The van der Waals surface area contributed by atoms with Gasteiger partial charge in [0.25, 0.3) is 0 Å². The summed E-state index contributed by atoms with van der Waals surface area (Å²) < 4.78 is 1.94. The van der Waals surface area contributed by atoms with Crippen LogP contribution in [0.2, 0.25) is 0 Å². The molecule has 0 unspecified atom stereocenters. The predicted molar refractivity (Wildman–Crippen MR) is 82.3 cm³/mol. The fraction of sp³-hybridized carbons (Fsp3) is 0.733. The minimum Gasteiger partial charge on any atom is -0.388 e. The Morgan fingerprint density at radius 1 is 1.52 bits per heavy atom. The first kappa shape index (κ1) is 15.8. The van der Waals surface area contributed by atoms with Gasteiger partial charge in [0.2, 0.25) is 0 Å². The predicted octanol–water partition coefficient (Wildman–Crippen LogP) is 2.14. The number of amides is 2. The van der Waals surface area contributed by atoms with Crippen LogP contribution in [0.25, 0.3) is 0 Å². The molecule has 0 atom stereocenters. The molecule has 21 heavy (non-hydrogen) atoms. The maximum atomic E-state index is 11.9. The lowest BCUT2D eigenvalue weighted by Gasteiger charge is -2.36. The number of nitrogens with one attached hydrogen (secondary N) is 2. The molecule has 0 radical (unpaired) electrons. The van der Waals surface area contributed by atoms with Crippen molar-refractivity contribution in [3.8, 4) is 0 Å². The van der Waals surface area contributed by atoms with E-state index in [2.05, 4.69) is 29.6 Å². The van der Waals surface area contributed by atoms with Crippen molar-refractivity contribution in [3.05, 3.63) is 11.9 Å². The van der Waals surface area contributed by atoms with Crippen LogP contribution in [0.15, 0.2) is 6.20 Å². The fourth-order valence-electron chi connectivity index (χ4n) is 2.56. The van der Waals surface area contributed by atoms with E-state index >= 15 is 0 Å². The smallest absolute Gasteiger partial charge is 0.319 e. The van der Waals surface area contributed by atoms with E-state index in [-0.39, 0.29) is 6.03 Å². The molecule has 2 rings (SSSR count). The number of anilines is 1. The SMILES string of the molecule is CCc1c(NC(=O)NCC2(O)CCC2)cnn1CC(C)C. The number of aromatic nitrogens is 2. The molecule has 3 N–H and O–H groups in total. The molecule has 0 aliphatic heterocycles. The molecule has 1 aromatic rings. The van der Waals surface area contributed by atoms with E-state index in [0.29, 0.717) is 12.5 Å². The summed E-state index contributed by atoms with van der Waals surface area (Å²) >= 11 is 0. The first-order chi connectivity index (χ1) is 9.93. The van der Waals surface area contributed by atoms with Crippen molar-refractivity contribution in [3.63, 3.8) is 0 Å². The first-order valence-corrected chi connectivity index (χ1v) is 7.75. The first-order valence-electron chi connectivity index (χ1n) is 7.75. The molecule has 1 fully saturated rings. The molecular weight excluding hydrogens is 268 g/mol. The molecule has 1 aliphatic rings. The molecule has 1 heterocycles. The average Bonchev–Trinajstić information content (AvgIpc) is 2.75. The van der Waals surface area contributed by atoms with Gasteiger partial charge in [0, 0.05) is 13.1 Å². The van der Waals surface area contributed by atoms with Gasteiger partial charge in [-0.1, -0.05) is 20.8 Å². The van der Waals surface area contributed by atoms with Crippen molar-refractivity contribution in [1.82, 2.24) is 15.1 Å². The molecular formula is C15H26N4O2. The summed E-state index contributed by atoms with van der Waals surface area (Å²) in [7, 11) is 0. The maximum Gasteiger partial charge on any atom is 0.319 e.